The van der Waals surface area contributed by atoms with Gasteiger partial charge in [-0.25, -0.2) is 0 Å². The number of rotatable bonds is 2. The van der Waals surface area contributed by atoms with Crippen LogP contribution < -0.4 is 5.14 Å². The molecule has 0 aliphatic carbocycles. The van der Waals surface area contributed by atoms with E-state index in [9.17, 15) is 0 Å². The third-order valence-electron chi connectivity index (χ3n) is 0.536. The second-order valence-electron chi connectivity index (χ2n) is 1.30. The third kappa shape index (κ3) is 5.80. The van der Waals surface area contributed by atoms with Gasteiger partial charge in [-0.2, -0.15) is 10.4 Å². The van der Waals surface area contributed by atoms with Gasteiger partial charge in [-0.1, -0.05) is 0 Å². The van der Waals surface area contributed by atoms with Gasteiger partial charge in [-0.3, -0.25) is 0 Å². The lowest BCUT2D eigenvalue weighted by atomic mass is 10.6. The van der Waals surface area contributed by atoms with Crippen molar-refractivity contribution in [1.82, 2.24) is 0 Å². The summed E-state index contributed by atoms with van der Waals surface area (Å²) in [4.78, 5) is 0. The third-order valence-corrected chi connectivity index (χ3v) is 1.38. The summed E-state index contributed by atoms with van der Waals surface area (Å²) in [5.74, 6) is 0.844. The van der Waals surface area contributed by atoms with E-state index < -0.39 is 0 Å². The first-order chi connectivity index (χ1) is 3.27. The van der Waals surface area contributed by atoms with E-state index >= 15 is 0 Å². The zero-order valence-corrected chi connectivity index (χ0v) is 5.16. The van der Waals surface area contributed by atoms with Crippen LogP contribution in [0.1, 0.15) is 6.42 Å². The topological polar surface area (TPSA) is 49.8 Å². The summed E-state index contributed by atoms with van der Waals surface area (Å²) in [5, 5.41) is 13.4. The molecule has 0 aliphatic heterocycles. The molecule has 0 rings (SSSR count). The largest absolute Gasteiger partial charge is 0.198 e. The fraction of sp³-hybridized carbons (Fsp3) is 0.750. The summed E-state index contributed by atoms with van der Waals surface area (Å²) in [6.45, 7) is 0. The van der Waals surface area contributed by atoms with Gasteiger partial charge >= 0.3 is 0 Å². The van der Waals surface area contributed by atoms with Gasteiger partial charge < -0.3 is 0 Å². The molecule has 0 heterocycles. The van der Waals surface area contributed by atoms with Crippen LogP contribution >= 0.6 is 0 Å². The van der Waals surface area contributed by atoms with Gasteiger partial charge in [-0.05, 0) is 0 Å². The smallest absolute Gasteiger partial charge is 0.140 e. The van der Waals surface area contributed by atoms with Crippen molar-refractivity contribution in [3.05, 3.63) is 0 Å². The first-order valence-electron chi connectivity index (χ1n) is 2.01. The average molecular weight is 117 g/mol. The van der Waals surface area contributed by atoms with E-state index in [1.165, 1.54) is 0 Å². The maximum Gasteiger partial charge on any atom is 0.140 e. The van der Waals surface area contributed by atoms with Crippen molar-refractivity contribution in [2.24, 2.45) is 5.14 Å². The molecule has 2 N–H and O–H groups in total. The summed E-state index contributed by atoms with van der Waals surface area (Å²) >= 11 is -0.0379. The van der Waals surface area contributed by atoms with Crippen LogP contribution in [0.2, 0.25) is 0 Å². The highest BCUT2D eigenvalue weighted by molar-refractivity contribution is 7.94. The van der Waals surface area contributed by atoms with E-state index in [-0.39, 0.29) is 11.1 Å². The highest BCUT2D eigenvalue weighted by Crippen LogP contribution is 1.81. The Labute approximate surface area is 46.8 Å². The number of nitrogens with zero attached hydrogens (tertiary/aromatic N) is 1. The van der Waals surface area contributed by atoms with Crippen molar-refractivity contribution in [3.63, 3.8) is 0 Å². The molecular formula is C4H9N2S+. The average Bonchev–Trinajstić information content (AvgIpc) is 1.61. The van der Waals surface area contributed by atoms with Gasteiger partial charge in [0, 0.05) is 0 Å². The van der Waals surface area contributed by atoms with Gasteiger partial charge in [-0.15, -0.1) is 0 Å². The van der Waals surface area contributed by atoms with E-state index in [0.717, 1.165) is 5.75 Å². The minimum absolute atomic E-state index is 0.0379. The van der Waals surface area contributed by atoms with Crippen LogP contribution in [0.25, 0.3) is 0 Å². The summed E-state index contributed by atoms with van der Waals surface area (Å²) < 4.78 is 0. The van der Waals surface area contributed by atoms with Crippen LogP contribution in [0.15, 0.2) is 0 Å². The van der Waals surface area contributed by atoms with Gasteiger partial charge in [0.05, 0.1) is 23.6 Å². The maximum atomic E-state index is 8.01. The molecule has 0 spiro atoms. The molecule has 0 aliphatic rings. The predicted octanol–water partition coefficient (Wildman–Crippen LogP) is 0.0219. The molecule has 1 unspecified atom stereocenters. The highest BCUT2D eigenvalue weighted by atomic mass is 32.2. The fourth-order valence-electron chi connectivity index (χ4n) is 0.207. The summed E-state index contributed by atoms with van der Waals surface area (Å²) in [6, 6.07) is 2.03. The second kappa shape index (κ2) is 3.97. The van der Waals surface area contributed by atoms with Crippen molar-refractivity contribution >= 4 is 11.1 Å². The first-order valence-corrected chi connectivity index (χ1v) is 3.88. The van der Waals surface area contributed by atoms with E-state index in [2.05, 4.69) is 0 Å². The van der Waals surface area contributed by atoms with Crippen LogP contribution in [-0.2, 0) is 11.1 Å². The Morgan fingerprint density at radius 3 is 2.57 bits per heavy atom. The SMILES string of the molecule is C[S+](N)CCC#N. The van der Waals surface area contributed by atoms with Crippen LogP contribution in [-0.4, -0.2) is 12.0 Å². The molecule has 0 aromatic rings. The summed E-state index contributed by atoms with van der Waals surface area (Å²) in [5.41, 5.74) is 0. The second-order valence-corrected chi connectivity index (χ2v) is 3.09. The fourth-order valence-corrected chi connectivity index (χ4v) is 0.620. The lowest BCUT2D eigenvalue weighted by Crippen LogP contribution is -2.14. The molecule has 0 aromatic carbocycles. The summed E-state index contributed by atoms with van der Waals surface area (Å²) in [7, 11) is 0. The molecule has 0 saturated heterocycles. The standard InChI is InChI=1S/C4H9N2S/c1-7(6)4-2-3-5/h2,4,6H2,1H3/q+1. The van der Waals surface area contributed by atoms with E-state index in [4.69, 9.17) is 10.4 Å². The van der Waals surface area contributed by atoms with Crippen LogP contribution in [0.3, 0.4) is 0 Å². The summed E-state index contributed by atoms with van der Waals surface area (Å²) in [6.07, 6.45) is 2.52. The van der Waals surface area contributed by atoms with E-state index in [1.807, 2.05) is 12.3 Å². The molecule has 0 saturated carbocycles. The predicted molar refractivity (Wildman–Crippen MR) is 32.6 cm³/mol. The number of nitrogens with two attached hydrogens (primary N) is 1. The quantitative estimate of drug-likeness (QED) is 0.518. The Bertz CT molecular complexity index is 74.2. The van der Waals surface area contributed by atoms with Crippen LogP contribution in [0.5, 0.6) is 0 Å². The van der Waals surface area contributed by atoms with Crippen LogP contribution in [0, 0.1) is 11.3 Å². The van der Waals surface area contributed by atoms with Gasteiger partial charge in [0.1, 0.15) is 12.0 Å². The molecule has 0 bridgehead atoms. The molecule has 1 atom stereocenters. The van der Waals surface area contributed by atoms with E-state index in [1.54, 1.807) is 0 Å². The normalized spacial score (nSPS) is 12.7. The molecule has 0 amide bonds. The van der Waals surface area contributed by atoms with Crippen LogP contribution in [0.4, 0.5) is 0 Å². The van der Waals surface area contributed by atoms with Gasteiger partial charge in [0.25, 0.3) is 0 Å². The molecule has 2 nitrogen and oxygen atoms in total. The Kier molecular flexibility index (Phi) is 3.86. The molecule has 0 radical (unpaired) electrons. The Hall–Kier alpha value is -0.200. The zero-order chi connectivity index (χ0) is 5.70. The molecular weight excluding hydrogens is 108 g/mol. The Morgan fingerprint density at radius 1 is 1.86 bits per heavy atom. The van der Waals surface area contributed by atoms with Crippen molar-refractivity contribution in [2.45, 2.75) is 6.42 Å². The Balaban J connectivity index is 2.86. The zero-order valence-electron chi connectivity index (χ0n) is 4.35. The molecule has 40 valence electrons. The van der Waals surface area contributed by atoms with Crippen molar-refractivity contribution in [2.75, 3.05) is 12.0 Å². The molecule has 0 aromatic heterocycles. The lowest BCUT2D eigenvalue weighted by Gasteiger charge is -1.84. The van der Waals surface area contributed by atoms with Crippen molar-refractivity contribution in [3.8, 4) is 6.07 Å². The molecule has 3 heteroatoms. The number of hydrogen-bond donors (Lipinski definition) is 1. The number of hydrogen-bond acceptors (Lipinski definition) is 2. The highest BCUT2D eigenvalue weighted by Gasteiger charge is 1.99. The van der Waals surface area contributed by atoms with Crippen molar-refractivity contribution in [1.29, 1.82) is 5.26 Å². The van der Waals surface area contributed by atoms with Gasteiger partial charge in [0.15, 0.2) is 0 Å². The van der Waals surface area contributed by atoms with E-state index in [0.29, 0.717) is 6.42 Å². The monoisotopic (exact) mass is 117 g/mol. The number of nitriles is 1. The van der Waals surface area contributed by atoms with Crippen molar-refractivity contribution < 1.29 is 0 Å². The Morgan fingerprint density at radius 2 is 2.43 bits per heavy atom. The van der Waals surface area contributed by atoms with Gasteiger partial charge in [0.2, 0.25) is 0 Å². The lowest BCUT2D eigenvalue weighted by molar-refractivity contribution is 1.23. The first kappa shape index (κ1) is 6.80. The minimum Gasteiger partial charge on any atom is -0.198 e. The minimum atomic E-state index is -0.0379. The molecule has 7 heavy (non-hydrogen) atoms. The maximum absolute atomic E-state index is 8.01. The molecule has 0 fully saturated rings.